The summed E-state index contributed by atoms with van der Waals surface area (Å²) in [6.45, 7) is 3.80. The van der Waals surface area contributed by atoms with Crippen LogP contribution in [0.1, 0.15) is 44.9 Å². The van der Waals surface area contributed by atoms with Gasteiger partial charge in [0.2, 0.25) is 0 Å². The zero-order valence-corrected chi connectivity index (χ0v) is 13.1. The lowest BCUT2D eigenvalue weighted by Gasteiger charge is -2.18. The molecule has 4 N–H and O–H groups in total. The molecule has 0 saturated heterocycles. The number of hydrogen-bond acceptors (Lipinski definition) is 3. The molecule has 3 rings (SSSR count). The van der Waals surface area contributed by atoms with Gasteiger partial charge in [-0.15, -0.1) is 0 Å². The van der Waals surface area contributed by atoms with Crippen LogP contribution in [0.5, 0.6) is 0 Å². The molecule has 0 aliphatic heterocycles. The standard InChI is InChI=1S/C17H18N4O2/c1-9-15(10(2)23-21-9)13-5-3-4-11-6-7-12(8-14(11)13)16(22)20-17(18)19/h5-8H,3-4H2,1-2H3,(H4,18,19,20,22). The van der Waals surface area contributed by atoms with Crippen molar-refractivity contribution in [1.82, 2.24) is 5.16 Å². The number of rotatable bonds is 2. The highest BCUT2D eigenvalue weighted by atomic mass is 16.5. The molecule has 0 fully saturated rings. The Bertz CT molecular complexity index is 823. The van der Waals surface area contributed by atoms with E-state index in [4.69, 9.17) is 16.0 Å². The van der Waals surface area contributed by atoms with Crippen LogP contribution in [0.4, 0.5) is 0 Å². The summed E-state index contributed by atoms with van der Waals surface area (Å²) in [5.74, 6) is 0.0771. The molecular weight excluding hydrogens is 292 g/mol. The van der Waals surface area contributed by atoms with Crippen LogP contribution >= 0.6 is 0 Å². The van der Waals surface area contributed by atoms with E-state index < -0.39 is 5.91 Å². The average molecular weight is 310 g/mol. The van der Waals surface area contributed by atoms with Gasteiger partial charge in [-0.2, -0.15) is 4.99 Å². The Morgan fingerprint density at radius 3 is 2.74 bits per heavy atom. The van der Waals surface area contributed by atoms with E-state index in [0.29, 0.717) is 5.56 Å². The number of benzene rings is 1. The highest BCUT2D eigenvalue weighted by Gasteiger charge is 2.21. The zero-order valence-electron chi connectivity index (χ0n) is 13.1. The summed E-state index contributed by atoms with van der Waals surface area (Å²) in [4.78, 5) is 15.7. The molecular formula is C17H18N4O2. The van der Waals surface area contributed by atoms with Gasteiger partial charge in [-0.05, 0) is 55.5 Å². The molecule has 0 atom stereocenters. The van der Waals surface area contributed by atoms with Crippen molar-refractivity contribution in [2.24, 2.45) is 16.5 Å². The third-order valence-electron chi connectivity index (χ3n) is 3.94. The zero-order chi connectivity index (χ0) is 16.6. The lowest BCUT2D eigenvalue weighted by molar-refractivity contribution is 0.100. The fourth-order valence-corrected chi connectivity index (χ4v) is 2.95. The van der Waals surface area contributed by atoms with Gasteiger partial charge in [-0.25, -0.2) is 0 Å². The van der Waals surface area contributed by atoms with Gasteiger partial charge >= 0.3 is 0 Å². The maximum Gasteiger partial charge on any atom is 0.280 e. The Morgan fingerprint density at radius 2 is 2.09 bits per heavy atom. The summed E-state index contributed by atoms with van der Waals surface area (Å²) in [5.41, 5.74) is 16.1. The molecule has 1 amide bonds. The monoisotopic (exact) mass is 310 g/mol. The first kappa shape index (κ1) is 15.0. The molecule has 1 aliphatic rings. The summed E-state index contributed by atoms with van der Waals surface area (Å²) < 4.78 is 5.28. The summed E-state index contributed by atoms with van der Waals surface area (Å²) in [5, 5.41) is 4.02. The Balaban J connectivity index is 2.11. The van der Waals surface area contributed by atoms with Crippen molar-refractivity contribution < 1.29 is 9.32 Å². The average Bonchev–Trinajstić information content (AvgIpc) is 2.84. The van der Waals surface area contributed by atoms with Crippen molar-refractivity contribution in [3.05, 3.63) is 58.0 Å². The van der Waals surface area contributed by atoms with Gasteiger partial charge in [-0.3, -0.25) is 4.79 Å². The number of hydrogen-bond donors (Lipinski definition) is 2. The highest BCUT2D eigenvalue weighted by molar-refractivity contribution is 6.02. The first-order chi connectivity index (χ1) is 11.0. The minimum absolute atomic E-state index is 0.241. The molecule has 1 aromatic heterocycles. The van der Waals surface area contributed by atoms with Gasteiger partial charge < -0.3 is 16.0 Å². The number of fused-ring (bicyclic) bond motifs is 1. The molecule has 6 nitrogen and oxygen atoms in total. The first-order valence-electron chi connectivity index (χ1n) is 7.38. The molecule has 0 saturated carbocycles. The van der Waals surface area contributed by atoms with E-state index in [1.54, 1.807) is 6.07 Å². The topological polar surface area (TPSA) is 108 Å². The summed E-state index contributed by atoms with van der Waals surface area (Å²) >= 11 is 0. The van der Waals surface area contributed by atoms with Gasteiger partial charge in [0.1, 0.15) is 5.76 Å². The second-order valence-electron chi connectivity index (χ2n) is 5.57. The van der Waals surface area contributed by atoms with Crippen molar-refractivity contribution in [3.63, 3.8) is 0 Å². The number of amides is 1. The molecule has 118 valence electrons. The maximum atomic E-state index is 12.1. The largest absolute Gasteiger partial charge is 0.370 e. The van der Waals surface area contributed by atoms with Crippen molar-refractivity contribution in [3.8, 4) is 0 Å². The molecule has 1 aromatic carbocycles. The molecule has 0 spiro atoms. The second-order valence-corrected chi connectivity index (χ2v) is 5.57. The Labute approximate surface area is 133 Å². The van der Waals surface area contributed by atoms with Crippen molar-refractivity contribution in [2.45, 2.75) is 26.7 Å². The van der Waals surface area contributed by atoms with E-state index in [-0.39, 0.29) is 5.96 Å². The third-order valence-corrected chi connectivity index (χ3v) is 3.94. The van der Waals surface area contributed by atoms with E-state index in [1.165, 1.54) is 5.56 Å². The second kappa shape index (κ2) is 5.72. The summed E-state index contributed by atoms with van der Waals surface area (Å²) in [7, 11) is 0. The number of allylic oxidation sites excluding steroid dienone is 1. The van der Waals surface area contributed by atoms with Crippen molar-refractivity contribution in [2.75, 3.05) is 0 Å². The Morgan fingerprint density at radius 1 is 1.30 bits per heavy atom. The number of carbonyl (C=O) groups is 1. The van der Waals surface area contributed by atoms with Crippen LogP contribution in [0.15, 0.2) is 33.8 Å². The van der Waals surface area contributed by atoms with E-state index in [0.717, 1.165) is 41.0 Å². The van der Waals surface area contributed by atoms with E-state index in [9.17, 15) is 4.79 Å². The minimum Gasteiger partial charge on any atom is -0.370 e. The van der Waals surface area contributed by atoms with E-state index in [1.807, 2.05) is 26.0 Å². The molecule has 6 heteroatoms. The number of aromatic nitrogens is 1. The minimum atomic E-state index is -0.448. The molecule has 23 heavy (non-hydrogen) atoms. The third kappa shape index (κ3) is 2.75. The Kier molecular flexibility index (Phi) is 3.73. The molecule has 1 heterocycles. The van der Waals surface area contributed by atoms with Gasteiger partial charge in [0.15, 0.2) is 5.96 Å². The number of aliphatic imine (C=N–C) groups is 1. The normalized spacial score (nSPS) is 13.2. The van der Waals surface area contributed by atoms with Gasteiger partial charge in [0.05, 0.1) is 5.69 Å². The van der Waals surface area contributed by atoms with Crippen LogP contribution in [-0.4, -0.2) is 17.0 Å². The summed E-state index contributed by atoms with van der Waals surface area (Å²) in [6, 6.07) is 5.54. The molecule has 0 unspecified atom stereocenters. The first-order valence-corrected chi connectivity index (χ1v) is 7.38. The van der Waals surface area contributed by atoms with E-state index in [2.05, 4.69) is 16.2 Å². The predicted molar refractivity (Wildman–Crippen MR) is 88.0 cm³/mol. The molecule has 0 radical (unpaired) electrons. The number of nitrogens with zero attached hydrogens (tertiary/aromatic N) is 2. The lowest BCUT2D eigenvalue weighted by atomic mass is 9.85. The molecule has 1 aliphatic carbocycles. The van der Waals surface area contributed by atoms with Crippen LogP contribution < -0.4 is 11.5 Å². The maximum absolute atomic E-state index is 12.1. The van der Waals surface area contributed by atoms with Gasteiger partial charge in [0.25, 0.3) is 5.91 Å². The van der Waals surface area contributed by atoms with Crippen LogP contribution in [0.25, 0.3) is 5.57 Å². The fourth-order valence-electron chi connectivity index (χ4n) is 2.95. The Hall–Kier alpha value is -2.89. The number of aryl methyl sites for hydroxylation is 3. The SMILES string of the molecule is Cc1noc(C)c1C1=CCCc2ccc(C(=O)N=C(N)N)cc21. The summed E-state index contributed by atoms with van der Waals surface area (Å²) in [6.07, 6.45) is 4.02. The van der Waals surface area contributed by atoms with Crippen LogP contribution in [-0.2, 0) is 6.42 Å². The quantitative estimate of drug-likeness (QED) is 0.652. The molecule has 2 aromatic rings. The van der Waals surface area contributed by atoms with Crippen LogP contribution in [0.2, 0.25) is 0 Å². The number of guanidine groups is 1. The van der Waals surface area contributed by atoms with Crippen molar-refractivity contribution >= 4 is 17.4 Å². The van der Waals surface area contributed by atoms with Crippen LogP contribution in [0.3, 0.4) is 0 Å². The lowest BCUT2D eigenvalue weighted by Crippen LogP contribution is -2.24. The highest BCUT2D eigenvalue weighted by Crippen LogP contribution is 2.35. The predicted octanol–water partition coefficient (Wildman–Crippen LogP) is 2.08. The van der Waals surface area contributed by atoms with E-state index >= 15 is 0 Å². The molecule has 0 bridgehead atoms. The smallest absolute Gasteiger partial charge is 0.280 e. The van der Waals surface area contributed by atoms with Crippen LogP contribution in [0, 0.1) is 13.8 Å². The number of carbonyl (C=O) groups excluding carboxylic acids is 1. The fraction of sp³-hybridized carbons (Fsp3) is 0.235. The van der Waals surface area contributed by atoms with Gasteiger partial charge in [-0.1, -0.05) is 17.3 Å². The number of nitrogens with two attached hydrogens (primary N) is 2. The van der Waals surface area contributed by atoms with Crippen molar-refractivity contribution in [1.29, 1.82) is 0 Å². The van der Waals surface area contributed by atoms with Gasteiger partial charge in [0, 0.05) is 11.1 Å².